The van der Waals surface area contributed by atoms with Gasteiger partial charge < -0.3 is 14.4 Å². The van der Waals surface area contributed by atoms with E-state index in [0.717, 1.165) is 23.6 Å². The maximum Gasteiger partial charge on any atom is 0.328 e. The molecule has 184 valence electrons. The third-order valence-corrected chi connectivity index (χ3v) is 6.55. The van der Waals surface area contributed by atoms with Crippen LogP contribution < -0.4 is 4.74 Å². The van der Waals surface area contributed by atoms with E-state index in [1.807, 2.05) is 48.5 Å². The van der Waals surface area contributed by atoms with Gasteiger partial charge in [0, 0.05) is 22.7 Å². The molecule has 0 amide bonds. The van der Waals surface area contributed by atoms with Crippen molar-refractivity contribution < 1.29 is 14.6 Å². The number of hydrogen-bond acceptors (Lipinski definition) is 2. The van der Waals surface area contributed by atoms with E-state index in [9.17, 15) is 4.79 Å². The van der Waals surface area contributed by atoms with Crippen LogP contribution in [0.25, 0.3) is 10.9 Å². The van der Waals surface area contributed by atoms with Crippen LogP contribution in [0.4, 0.5) is 0 Å². The number of carbonyl (C=O) groups is 1. The molecule has 4 aromatic carbocycles. The average molecular weight is 508 g/mol. The van der Waals surface area contributed by atoms with E-state index in [1.165, 1.54) is 28.2 Å². The second-order valence-electron chi connectivity index (χ2n) is 8.82. The highest BCUT2D eigenvalue weighted by Crippen LogP contribution is 2.35. The lowest BCUT2D eigenvalue weighted by molar-refractivity contribution is -0.131. The predicted octanol–water partition coefficient (Wildman–Crippen LogP) is 7.54. The van der Waals surface area contributed by atoms with Gasteiger partial charge in [0.25, 0.3) is 0 Å². The lowest BCUT2D eigenvalue weighted by Gasteiger charge is -2.21. The van der Waals surface area contributed by atoms with Crippen molar-refractivity contribution in [1.29, 1.82) is 0 Å². The zero-order chi connectivity index (χ0) is 25.6. The standard InChI is InChI=1S/C32H26ClNO3/c33-27-15-18-29-26(20-23-13-16-28(17-14-23)37-19-7-12-31(35)36)22-34(30(29)21-27)32(24-8-3-1-4-9-24)25-10-5-2-6-11-25/h1-18,21-22,32H,19-20H2,(H,35,36). The number of carboxylic acids is 1. The number of rotatable bonds is 9. The predicted molar refractivity (Wildman–Crippen MR) is 149 cm³/mol. The fourth-order valence-electron chi connectivity index (χ4n) is 4.65. The molecule has 1 N–H and O–H groups in total. The van der Waals surface area contributed by atoms with E-state index >= 15 is 0 Å². The molecular formula is C32H26ClNO3. The highest BCUT2D eigenvalue weighted by Gasteiger charge is 2.20. The van der Waals surface area contributed by atoms with Gasteiger partial charge in [-0.25, -0.2) is 4.79 Å². The molecule has 0 aliphatic rings. The summed E-state index contributed by atoms with van der Waals surface area (Å²) in [5, 5.41) is 10.6. The van der Waals surface area contributed by atoms with E-state index in [2.05, 4.69) is 65.4 Å². The number of fused-ring (bicyclic) bond motifs is 1. The molecule has 0 fully saturated rings. The molecule has 4 nitrogen and oxygen atoms in total. The summed E-state index contributed by atoms with van der Waals surface area (Å²) in [5.74, 6) is -0.289. The Morgan fingerprint density at radius 1 is 0.892 bits per heavy atom. The Bertz CT molecular complexity index is 1480. The number of aromatic nitrogens is 1. The molecular weight excluding hydrogens is 482 g/mol. The van der Waals surface area contributed by atoms with Gasteiger partial charge in [0.05, 0.1) is 11.6 Å². The van der Waals surface area contributed by atoms with Gasteiger partial charge in [0.15, 0.2) is 0 Å². The minimum atomic E-state index is -0.985. The molecule has 0 aliphatic carbocycles. The van der Waals surface area contributed by atoms with Crippen molar-refractivity contribution in [2.24, 2.45) is 0 Å². The molecule has 0 atom stereocenters. The number of halogens is 1. The molecule has 5 rings (SSSR count). The largest absolute Gasteiger partial charge is 0.490 e. The van der Waals surface area contributed by atoms with Crippen molar-refractivity contribution in [3.05, 3.63) is 149 Å². The Kier molecular flexibility index (Phi) is 7.38. The zero-order valence-corrected chi connectivity index (χ0v) is 20.9. The lowest BCUT2D eigenvalue weighted by Crippen LogP contribution is -2.11. The zero-order valence-electron chi connectivity index (χ0n) is 20.1. The van der Waals surface area contributed by atoms with Crippen LogP contribution >= 0.6 is 11.6 Å². The number of carboxylic acid groups (broad SMARTS) is 1. The summed E-state index contributed by atoms with van der Waals surface area (Å²) < 4.78 is 7.94. The smallest absolute Gasteiger partial charge is 0.328 e. The highest BCUT2D eigenvalue weighted by atomic mass is 35.5. The Balaban J connectivity index is 1.50. The molecule has 0 bridgehead atoms. The van der Waals surface area contributed by atoms with Gasteiger partial charge in [-0.1, -0.05) is 90.5 Å². The van der Waals surface area contributed by atoms with Crippen molar-refractivity contribution in [3.63, 3.8) is 0 Å². The molecule has 0 unspecified atom stereocenters. The molecule has 1 heterocycles. The van der Waals surface area contributed by atoms with Crippen molar-refractivity contribution in [2.45, 2.75) is 12.5 Å². The van der Waals surface area contributed by atoms with Gasteiger partial charge in [-0.05, 0) is 59.0 Å². The maximum atomic E-state index is 10.6. The first-order valence-electron chi connectivity index (χ1n) is 12.1. The van der Waals surface area contributed by atoms with Crippen LogP contribution in [0.3, 0.4) is 0 Å². The summed E-state index contributed by atoms with van der Waals surface area (Å²) in [6.45, 7) is 0.209. The van der Waals surface area contributed by atoms with Gasteiger partial charge in [-0.3, -0.25) is 0 Å². The van der Waals surface area contributed by atoms with Crippen LogP contribution in [0, 0.1) is 0 Å². The summed E-state index contributed by atoms with van der Waals surface area (Å²) >= 11 is 6.48. The highest BCUT2D eigenvalue weighted by molar-refractivity contribution is 6.31. The molecule has 5 heteroatoms. The minimum Gasteiger partial charge on any atom is -0.490 e. The first-order valence-corrected chi connectivity index (χ1v) is 12.5. The van der Waals surface area contributed by atoms with Crippen molar-refractivity contribution in [2.75, 3.05) is 6.61 Å². The monoisotopic (exact) mass is 507 g/mol. The van der Waals surface area contributed by atoms with Crippen molar-refractivity contribution >= 4 is 28.5 Å². The van der Waals surface area contributed by atoms with E-state index in [0.29, 0.717) is 10.8 Å². The fourth-order valence-corrected chi connectivity index (χ4v) is 4.82. The van der Waals surface area contributed by atoms with Crippen LogP contribution in [0.15, 0.2) is 121 Å². The number of nitrogens with zero attached hydrogens (tertiary/aromatic N) is 1. The van der Waals surface area contributed by atoms with Crippen LogP contribution in [0.5, 0.6) is 5.75 Å². The summed E-state index contributed by atoms with van der Waals surface area (Å²) in [5.41, 5.74) is 5.86. The van der Waals surface area contributed by atoms with E-state index in [-0.39, 0.29) is 12.6 Å². The van der Waals surface area contributed by atoms with Crippen molar-refractivity contribution in [1.82, 2.24) is 4.57 Å². The topological polar surface area (TPSA) is 51.5 Å². The first-order chi connectivity index (χ1) is 18.1. The SMILES string of the molecule is O=C(O)C=CCOc1ccc(Cc2cn(C(c3ccccc3)c3ccccc3)c3cc(Cl)ccc23)cc1. The first kappa shape index (κ1) is 24.4. The van der Waals surface area contributed by atoms with Gasteiger partial charge in [-0.2, -0.15) is 0 Å². The third-order valence-electron chi connectivity index (χ3n) is 6.31. The number of benzene rings is 4. The number of ether oxygens (including phenoxy) is 1. The Morgan fingerprint density at radius 2 is 1.54 bits per heavy atom. The minimum absolute atomic E-state index is 0.00625. The second-order valence-corrected chi connectivity index (χ2v) is 9.26. The summed E-state index contributed by atoms with van der Waals surface area (Å²) in [7, 11) is 0. The van der Waals surface area contributed by atoms with Crippen LogP contribution in [-0.2, 0) is 11.2 Å². The average Bonchev–Trinajstić information content (AvgIpc) is 3.25. The Hall–Kier alpha value is -4.28. The van der Waals surface area contributed by atoms with Gasteiger partial charge in [0.1, 0.15) is 12.4 Å². The third kappa shape index (κ3) is 5.76. The van der Waals surface area contributed by atoms with Crippen LogP contribution in [-0.4, -0.2) is 22.2 Å². The molecule has 5 aromatic rings. The Labute approximate surface area is 221 Å². The molecule has 0 spiro atoms. The van der Waals surface area contributed by atoms with Gasteiger partial charge in [0.2, 0.25) is 0 Å². The molecule has 0 saturated carbocycles. The molecule has 37 heavy (non-hydrogen) atoms. The molecule has 0 aliphatic heterocycles. The van der Waals surface area contributed by atoms with Crippen LogP contribution in [0.1, 0.15) is 28.3 Å². The molecule has 0 radical (unpaired) electrons. The maximum absolute atomic E-state index is 10.6. The molecule has 0 saturated heterocycles. The number of hydrogen-bond donors (Lipinski definition) is 1. The van der Waals surface area contributed by atoms with Gasteiger partial charge in [-0.15, -0.1) is 0 Å². The fraction of sp³-hybridized carbons (Fsp3) is 0.0938. The Morgan fingerprint density at radius 3 is 2.16 bits per heavy atom. The van der Waals surface area contributed by atoms with Crippen LogP contribution in [0.2, 0.25) is 5.02 Å². The molecule has 1 aromatic heterocycles. The van der Waals surface area contributed by atoms with E-state index in [4.69, 9.17) is 21.4 Å². The van der Waals surface area contributed by atoms with Crippen molar-refractivity contribution in [3.8, 4) is 5.75 Å². The second kappa shape index (κ2) is 11.2. The van der Waals surface area contributed by atoms with E-state index < -0.39 is 5.97 Å². The van der Waals surface area contributed by atoms with Gasteiger partial charge >= 0.3 is 5.97 Å². The normalized spacial score (nSPS) is 11.4. The van der Waals surface area contributed by atoms with E-state index in [1.54, 1.807) is 0 Å². The lowest BCUT2D eigenvalue weighted by atomic mass is 9.98. The summed E-state index contributed by atoms with van der Waals surface area (Å²) in [6.07, 6.45) is 5.55. The quantitative estimate of drug-likeness (QED) is 0.210. The number of aliphatic carboxylic acids is 1. The summed E-state index contributed by atoms with van der Waals surface area (Å²) in [4.78, 5) is 10.6. The summed E-state index contributed by atoms with van der Waals surface area (Å²) in [6, 6.07) is 35.0.